The van der Waals surface area contributed by atoms with Crippen LogP contribution in [-0.2, 0) is 17.9 Å². The molecule has 38 heavy (non-hydrogen) atoms. The van der Waals surface area contributed by atoms with Crippen LogP contribution in [0.1, 0.15) is 25.0 Å². The maximum Gasteiger partial charge on any atom is 0.169 e. The molecule has 0 aliphatic carbocycles. The highest BCUT2D eigenvalue weighted by Gasteiger charge is 2.40. The van der Waals surface area contributed by atoms with Crippen LogP contribution in [-0.4, -0.2) is 101 Å². The summed E-state index contributed by atoms with van der Waals surface area (Å²) in [5.74, 6) is 0.0920. The minimum atomic E-state index is -0.396. The van der Waals surface area contributed by atoms with Crippen molar-refractivity contribution in [3.05, 3.63) is 71.3 Å². The smallest absolute Gasteiger partial charge is 0.169 e. The number of nitrogens with zero attached hydrogens (tertiary/aromatic N) is 4. The third kappa shape index (κ3) is 7.32. The van der Waals surface area contributed by atoms with Gasteiger partial charge < -0.3 is 0 Å². The SMILES string of the molecule is C[C@@H]1CN(Cc2ccc(F)cc2)CCN1C(CCl)C(=O)C(CCl)N1CCN(Cc2ccc(F)cc2)C[C@H]1C. The molecule has 2 saturated heterocycles. The van der Waals surface area contributed by atoms with Crippen LogP contribution >= 0.6 is 23.2 Å². The molecule has 0 spiro atoms. The molecule has 4 atom stereocenters. The highest BCUT2D eigenvalue weighted by molar-refractivity contribution is 6.22. The van der Waals surface area contributed by atoms with Crippen LogP contribution in [0.4, 0.5) is 8.78 Å². The number of hydrogen-bond donors (Lipinski definition) is 0. The highest BCUT2D eigenvalue weighted by atomic mass is 35.5. The van der Waals surface area contributed by atoms with Crippen molar-refractivity contribution in [2.45, 2.75) is 51.1 Å². The van der Waals surface area contributed by atoms with E-state index in [1.54, 1.807) is 0 Å². The van der Waals surface area contributed by atoms with Gasteiger partial charge in [-0.15, -0.1) is 23.2 Å². The molecule has 2 unspecified atom stereocenters. The molecule has 2 aromatic carbocycles. The Morgan fingerprint density at radius 1 is 0.737 bits per heavy atom. The third-order valence-electron chi connectivity index (χ3n) is 7.91. The van der Waals surface area contributed by atoms with Crippen LogP contribution in [0.15, 0.2) is 48.5 Å². The van der Waals surface area contributed by atoms with Crippen molar-refractivity contribution in [3.63, 3.8) is 0 Å². The molecule has 2 fully saturated rings. The second kappa shape index (κ2) is 13.6. The Morgan fingerprint density at radius 2 is 1.11 bits per heavy atom. The minimum Gasteiger partial charge on any atom is -0.296 e. The first-order valence-electron chi connectivity index (χ1n) is 13.4. The Morgan fingerprint density at radius 3 is 1.42 bits per heavy atom. The molecule has 0 amide bonds. The highest BCUT2D eigenvalue weighted by Crippen LogP contribution is 2.23. The molecule has 2 aliphatic heterocycles. The standard InChI is InChI=1S/C29H38Cl2F2N4O/c1-21-17-34(19-23-3-7-25(32)8-4-23)11-13-36(21)27(15-30)29(38)28(16-31)37-14-12-35(18-22(37)2)20-24-5-9-26(33)10-6-24/h3-10,21-22,27-28H,11-20H2,1-2H3/t21-,22-,27?,28?/m1/s1. The maximum absolute atomic E-state index is 13.9. The van der Waals surface area contributed by atoms with Gasteiger partial charge in [0.05, 0.1) is 12.1 Å². The topological polar surface area (TPSA) is 30.0 Å². The quantitative estimate of drug-likeness (QED) is 0.396. The van der Waals surface area contributed by atoms with Crippen LogP contribution in [0.2, 0.25) is 0 Å². The van der Waals surface area contributed by atoms with Gasteiger partial charge in [0.1, 0.15) is 11.6 Å². The molecule has 0 aromatic heterocycles. The fourth-order valence-electron chi connectivity index (χ4n) is 5.88. The summed E-state index contributed by atoms with van der Waals surface area (Å²) in [5.41, 5.74) is 2.15. The molecule has 9 heteroatoms. The predicted molar refractivity (Wildman–Crippen MR) is 150 cm³/mol. The third-order valence-corrected chi connectivity index (χ3v) is 8.50. The van der Waals surface area contributed by atoms with Gasteiger partial charge in [-0.05, 0) is 49.2 Å². The zero-order valence-electron chi connectivity index (χ0n) is 22.2. The summed E-state index contributed by atoms with van der Waals surface area (Å²) < 4.78 is 26.5. The van der Waals surface area contributed by atoms with E-state index in [4.69, 9.17) is 23.2 Å². The van der Waals surface area contributed by atoms with Gasteiger partial charge in [-0.1, -0.05) is 24.3 Å². The van der Waals surface area contributed by atoms with E-state index in [0.717, 1.165) is 63.5 Å². The summed E-state index contributed by atoms with van der Waals surface area (Å²) >= 11 is 12.9. The van der Waals surface area contributed by atoms with Gasteiger partial charge in [0.25, 0.3) is 0 Å². The fourth-order valence-corrected chi connectivity index (χ4v) is 6.54. The lowest BCUT2D eigenvalue weighted by Crippen LogP contribution is -2.63. The Balaban J connectivity index is 1.34. The molecule has 0 saturated carbocycles. The fraction of sp³-hybridized carbons (Fsp3) is 0.552. The number of Topliss-reactive ketones (excluding diaryl/α,β-unsaturated/α-hetero) is 1. The van der Waals surface area contributed by atoms with Crippen molar-refractivity contribution >= 4 is 29.0 Å². The van der Waals surface area contributed by atoms with Crippen LogP contribution in [0, 0.1) is 11.6 Å². The molecule has 0 N–H and O–H groups in total. The molecule has 2 heterocycles. The zero-order valence-corrected chi connectivity index (χ0v) is 23.7. The average Bonchev–Trinajstić information content (AvgIpc) is 2.90. The van der Waals surface area contributed by atoms with E-state index < -0.39 is 12.1 Å². The van der Waals surface area contributed by atoms with E-state index in [2.05, 4.69) is 33.4 Å². The number of ketones is 1. The Hall–Kier alpha value is -1.61. The van der Waals surface area contributed by atoms with Crippen molar-refractivity contribution in [2.75, 3.05) is 51.0 Å². The summed E-state index contributed by atoms with van der Waals surface area (Å²) in [6, 6.07) is 12.8. The Bertz CT molecular complexity index is 960. The van der Waals surface area contributed by atoms with Gasteiger partial charge in [0.15, 0.2) is 5.78 Å². The molecular formula is C29H38Cl2F2N4O. The summed E-state index contributed by atoms with van der Waals surface area (Å²) in [6.07, 6.45) is 0. The number of piperazine rings is 2. The van der Waals surface area contributed by atoms with Crippen LogP contribution in [0.5, 0.6) is 0 Å². The summed E-state index contributed by atoms with van der Waals surface area (Å²) in [5, 5.41) is 0. The van der Waals surface area contributed by atoms with E-state index in [-0.39, 0.29) is 41.3 Å². The largest absolute Gasteiger partial charge is 0.296 e. The molecule has 208 valence electrons. The number of halogens is 4. The van der Waals surface area contributed by atoms with Gasteiger partial charge in [-0.2, -0.15) is 0 Å². The first-order chi connectivity index (χ1) is 18.3. The Labute approximate surface area is 235 Å². The van der Waals surface area contributed by atoms with Gasteiger partial charge in [0, 0.05) is 76.2 Å². The van der Waals surface area contributed by atoms with Crippen molar-refractivity contribution < 1.29 is 13.6 Å². The molecule has 2 aliphatic rings. The van der Waals surface area contributed by atoms with Crippen molar-refractivity contribution in [1.82, 2.24) is 19.6 Å². The lowest BCUT2D eigenvalue weighted by molar-refractivity contribution is -0.132. The molecule has 4 rings (SSSR count). The number of hydrogen-bond acceptors (Lipinski definition) is 5. The number of benzene rings is 2. The van der Waals surface area contributed by atoms with Crippen LogP contribution in [0.3, 0.4) is 0 Å². The minimum absolute atomic E-state index is 0.0904. The van der Waals surface area contributed by atoms with Crippen molar-refractivity contribution in [2.24, 2.45) is 0 Å². The van der Waals surface area contributed by atoms with E-state index in [1.165, 1.54) is 24.3 Å². The predicted octanol–water partition coefficient (Wildman–Crippen LogP) is 4.46. The normalized spacial score (nSPS) is 23.8. The van der Waals surface area contributed by atoms with Gasteiger partial charge in [0.2, 0.25) is 0 Å². The molecular weight excluding hydrogens is 529 g/mol. The summed E-state index contributed by atoms with van der Waals surface area (Å²) in [7, 11) is 0. The van der Waals surface area contributed by atoms with Gasteiger partial charge in [-0.25, -0.2) is 8.78 Å². The molecule has 0 bridgehead atoms. The van der Waals surface area contributed by atoms with E-state index in [1.807, 2.05) is 24.3 Å². The summed E-state index contributed by atoms with van der Waals surface area (Å²) in [6.45, 7) is 10.5. The lowest BCUT2D eigenvalue weighted by Gasteiger charge is -2.46. The Kier molecular flexibility index (Phi) is 10.5. The summed E-state index contributed by atoms with van der Waals surface area (Å²) in [4.78, 5) is 23.0. The van der Waals surface area contributed by atoms with Crippen molar-refractivity contribution in [3.8, 4) is 0 Å². The lowest BCUT2D eigenvalue weighted by atomic mass is 9.99. The average molecular weight is 568 g/mol. The van der Waals surface area contributed by atoms with Crippen LogP contribution in [0.25, 0.3) is 0 Å². The number of carbonyl (C=O) groups excluding carboxylic acids is 1. The first kappa shape index (κ1) is 29.4. The number of alkyl halides is 2. The second-order valence-electron chi connectivity index (χ2n) is 10.6. The van der Waals surface area contributed by atoms with E-state index >= 15 is 0 Å². The second-order valence-corrected chi connectivity index (χ2v) is 11.3. The first-order valence-corrected chi connectivity index (χ1v) is 14.5. The monoisotopic (exact) mass is 566 g/mol. The molecule has 2 aromatic rings. The van der Waals surface area contributed by atoms with E-state index in [9.17, 15) is 13.6 Å². The van der Waals surface area contributed by atoms with Crippen LogP contribution < -0.4 is 0 Å². The van der Waals surface area contributed by atoms with Crippen molar-refractivity contribution in [1.29, 1.82) is 0 Å². The number of rotatable bonds is 10. The molecule has 5 nitrogen and oxygen atoms in total. The molecule has 0 radical (unpaired) electrons. The van der Waals surface area contributed by atoms with Gasteiger partial charge >= 0.3 is 0 Å². The maximum atomic E-state index is 13.9. The van der Waals surface area contributed by atoms with E-state index in [0.29, 0.717) is 0 Å². The van der Waals surface area contributed by atoms with Gasteiger partial charge in [-0.3, -0.25) is 24.4 Å². The zero-order chi connectivity index (χ0) is 27.2. The number of carbonyl (C=O) groups is 1.